The number of rotatable bonds is 4. The molecule has 0 aliphatic carbocycles. The van der Waals surface area contributed by atoms with Crippen LogP contribution < -0.4 is 16.1 Å². The van der Waals surface area contributed by atoms with Gasteiger partial charge in [-0.05, 0) is 19.4 Å². The van der Waals surface area contributed by atoms with Gasteiger partial charge in [0.2, 0.25) is 5.43 Å². The first-order valence-electron chi connectivity index (χ1n) is 9.32. The SMILES string of the molecule is CCOC(=O)c1cn(-c2ccnn2C)c2nc(N3CCC(N)C3)c(F)cc2c1=O. The zero-order chi connectivity index (χ0) is 20.7. The van der Waals surface area contributed by atoms with Gasteiger partial charge >= 0.3 is 5.97 Å². The number of ether oxygens (including phenoxy) is 1. The highest BCUT2D eigenvalue weighted by Crippen LogP contribution is 2.25. The molecule has 1 unspecified atom stereocenters. The molecule has 3 aromatic heterocycles. The maximum atomic E-state index is 14.9. The summed E-state index contributed by atoms with van der Waals surface area (Å²) in [6.45, 7) is 2.81. The van der Waals surface area contributed by atoms with Crippen molar-refractivity contribution < 1.29 is 13.9 Å². The fourth-order valence-corrected chi connectivity index (χ4v) is 3.55. The van der Waals surface area contributed by atoms with Gasteiger partial charge in [-0.25, -0.2) is 14.2 Å². The normalized spacial score (nSPS) is 16.6. The van der Waals surface area contributed by atoms with Gasteiger partial charge in [0, 0.05) is 38.4 Å². The topological polar surface area (TPSA) is 108 Å². The largest absolute Gasteiger partial charge is 0.462 e. The lowest BCUT2D eigenvalue weighted by Gasteiger charge is -2.19. The van der Waals surface area contributed by atoms with E-state index in [4.69, 9.17) is 10.5 Å². The lowest BCUT2D eigenvalue weighted by molar-refractivity contribution is 0.0524. The molecule has 9 nitrogen and oxygen atoms in total. The Hall–Kier alpha value is -3.27. The summed E-state index contributed by atoms with van der Waals surface area (Å²) in [6.07, 6.45) is 3.67. The molecule has 3 aromatic rings. The summed E-state index contributed by atoms with van der Waals surface area (Å²) >= 11 is 0. The predicted molar refractivity (Wildman–Crippen MR) is 105 cm³/mol. The molecular formula is C19H21FN6O3. The second kappa shape index (κ2) is 7.28. The number of nitrogens with zero attached hydrogens (tertiary/aromatic N) is 5. The summed E-state index contributed by atoms with van der Waals surface area (Å²) in [4.78, 5) is 31.5. The molecule has 0 aromatic carbocycles. The van der Waals surface area contributed by atoms with E-state index in [0.717, 1.165) is 12.5 Å². The van der Waals surface area contributed by atoms with Crippen LogP contribution in [0.4, 0.5) is 10.2 Å². The number of esters is 1. The van der Waals surface area contributed by atoms with Gasteiger partial charge in [0.05, 0.1) is 18.2 Å². The molecule has 1 saturated heterocycles. The molecule has 0 bridgehead atoms. The van der Waals surface area contributed by atoms with E-state index < -0.39 is 17.2 Å². The van der Waals surface area contributed by atoms with Gasteiger partial charge < -0.3 is 15.4 Å². The fraction of sp³-hybridized carbons (Fsp3) is 0.368. The van der Waals surface area contributed by atoms with Crippen molar-refractivity contribution in [2.24, 2.45) is 12.8 Å². The molecular weight excluding hydrogens is 379 g/mol. The summed E-state index contributed by atoms with van der Waals surface area (Å²) in [6, 6.07) is 2.77. The number of halogens is 1. The Bertz CT molecular complexity index is 1150. The van der Waals surface area contributed by atoms with Gasteiger partial charge in [0.25, 0.3) is 0 Å². The Morgan fingerprint density at radius 2 is 2.24 bits per heavy atom. The van der Waals surface area contributed by atoms with Crippen LogP contribution in [-0.4, -0.2) is 51.0 Å². The first-order valence-corrected chi connectivity index (χ1v) is 9.32. The van der Waals surface area contributed by atoms with Crippen molar-refractivity contribution in [3.05, 3.63) is 46.1 Å². The molecule has 29 heavy (non-hydrogen) atoms. The van der Waals surface area contributed by atoms with E-state index in [1.54, 1.807) is 40.4 Å². The van der Waals surface area contributed by atoms with Gasteiger partial charge in [-0.2, -0.15) is 5.10 Å². The van der Waals surface area contributed by atoms with Gasteiger partial charge in [-0.3, -0.25) is 14.0 Å². The van der Waals surface area contributed by atoms with Crippen LogP contribution in [0.1, 0.15) is 23.7 Å². The van der Waals surface area contributed by atoms with Crippen LogP contribution in [0, 0.1) is 5.82 Å². The average Bonchev–Trinajstić information content (AvgIpc) is 3.30. The lowest BCUT2D eigenvalue weighted by Crippen LogP contribution is -2.28. The van der Waals surface area contributed by atoms with E-state index in [-0.39, 0.29) is 35.1 Å². The van der Waals surface area contributed by atoms with Crippen LogP contribution in [0.3, 0.4) is 0 Å². The van der Waals surface area contributed by atoms with Crippen LogP contribution in [-0.2, 0) is 11.8 Å². The molecule has 1 aliphatic rings. The molecule has 1 fully saturated rings. The van der Waals surface area contributed by atoms with E-state index >= 15 is 0 Å². The molecule has 1 atom stereocenters. The molecule has 2 N–H and O–H groups in total. The van der Waals surface area contributed by atoms with Gasteiger partial charge in [0.1, 0.15) is 11.4 Å². The Morgan fingerprint density at radius 3 is 2.86 bits per heavy atom. The van der Waals surface area contributed by atoms with Crippen molar-refractivity contribution in [3.63, 3.8) is 0 Å². The van der Waals surface area contributed by atoms with E-state index in [0.29, 0.717) is 18.9 Å². The number of pyridine rings is 2. The predicted octanol–water partition coefficient (Wildman–Crippen LogP) is 0.972. The Labute approximate surface area is 165 Å². The van der Waals surface area contributed by atoms with Crippen LogP contribution in [0.5, 0.6) is 0 Å². The zero-order valence-corrected chi connectivity index (χ0v) is 16.1. The molecule has 1 aliphatic heterocycles. The quantitative estimate of drug-likeness (QED) is 0.650. The van der Waals surface area contributed by atoms with Crippen molar-refractivity contribution >= 4 is 22.8 Å². The van der Waals surface area contributed by atoms with Crippen LogP contribution >= 0.6 is 0 Å². The third kappa shape index (κ3) is 3.25. The van der Waals surface area contributed by atoms with Crippen LogP contribution in [0.2, 0.25) is 0 Å². The van der Waals surface area contributed by atoms with E-state index in [2.05, 4.69) is 10.1 Å². The van der Waals surface area contributed by atoms with Crippen molar-refractivity contribution in [2.45, 2.75) is 19.4 Å². The second-order valence-electron chi connectivity index (χ2n) is 6.94. The number of carbonyl (C=O) groups is 1. The third-order valence-electron chi connectivity index (χ3n) is 4.97. The number of hydrogen-bond donors (Lipinski definition) is 1. The molecule has 10 heteroatoms. The van der Waals surface area contributed by atoms with Gasteiger partial charge in [0.15, 0.2) is 17.3 Å². The summed E-state index contributed by atoms with van der Waals surface area (Å²) in [7, 11) is 1.72. The first-order chi connectivity index (χ1) is 13.9. The standard InChI is InChI=1S/C19H21FN6O3/c1-3-29-19(28)13-10-26(15-4-6-22-24(15)2)17-12(16(13)27)8-14(20)18(23-17)25-7-5-11(21)9-25/h4,6,8,10-11H,3,5,7,9,21H2,1-2H3. The molecule has 0 spiro atoms. The summed E-state index contributed by atoms with van der Waals surface area (Å²) in [5.74, 6) is -0.722. The Balaban J connectivity index is 2.00. The highest BCUT2D eigenvalue weighted by Gasteiger charge is 2.26. The van der Waals surface area contributed by atoms with E-state index in [1.807, 2.05) is 0 Å². The van der Waals surface area contributed by atoms with Gasteiger partial charge in [-0.1, -0.05) is 0 Å². The minimum atomic E-state index is -0.773. The monoisotopic (exact) mass is 400 g/mol. The van der Waals surface area contributed by atoms with Crippen molar-refractivity contribution in [2.75, 3.05) is 24.6 Å². The molecule has 0 saturated carbocycles. The maximum Gasteiger partial charge on any atom is 0.343 e. The molecule has 4 heterocycles. The first kappa shape index (κ1) is 19.1. The number of fused-ring (bicyclic) bond motifs is 1. The third-order valence-corrected chi connectivity index (χ3v) is 4.97. The van der Waals surface area contributed by atoms with E-state index in [9.17, 15) is 14.0 Å². The Kier molecular flexibility index (Phi) is 4.79. The smallest absolute Gasteiger partial charge is 0.343 e. The minimum Gasteiger partial charge on any atom is -0.462 e. The number of carbonyl (C=O) groups excluding carboxylic acids is 1. The zero-order valence-electron chi connectivity index (χ0n) is 16.1. The maximum absolute atomic E-state index is 14.9. The van der Waals surface area contributed by atoms with Crippen molar-refractivity contribution in [1.82, 2.24) is 19.3 Å². The van der Waals surface area contributed by atoms with Gasteiger partial charge in [-0.15, -0.1) is 0 Å². The second-order valence-corrected chi connectivity index (χ2v) is 6.94. The number of hydrogen-bond acceptors (Lipinski definition) is 7. The van der Waals surface area contributed by atoms with E-state index in [1.165, 1.54) is 6.20 Å². The van der Waals surface area contributed by atoms with Crippen molar-refractivity contribution in [3.8, 4) is 5.82 Å². The number of aryl methyl sites for hydroxylation is 1. The summed E-state index contributed by atoms with van der Waals surface area (Å²) < 4.78 is 23.0. The fourth-order valence-electron chi connectivity index (χ4n) is 3.55. The average molecular weight is 400 g/mol. The Morgan fingerprint density at radius 1 is 1.45 bits per heavy atom. The van der Waals surface area contributed by atoms with Crippen LogP contribution in [0.15, 0.2) is 29.3 Å². The molecule has 152 valence electrons. The number of nitrogens with two attached hydrogens (primary N) is 1. The minimum absolute atomic E-state index is 0.0125. The highest BCUT2D eigenvalue weighted by atomic mass is 19.1. The highest BCUT2D eigenvalue weighted by molar-refractivity contribution is 5.93. The van der Waals surface area contributed by atoms with Crippen molar-refractivity contribution in [1.29, 1.82) is 0 Å². The molecule has 0 amide bonds. The summed E-state index contributed by atoms with van der Waals surface area (Å²) in [5.41, 5.74) is 5.35. The molecule has 0 radical (unpaired) electrons. The lowest BCUT2D eigenvalue weighted by atomic mass is 10.2. The summed E-state index contributed by atoms with van der Waals surface area (Å²) in [5, 5.41) is 4.12. The molecule has 4 rings (SSSR count). The van der Waals surface area contributed by atoms with Crippen LogP contribution in [0.25, 0.3) is 16.9 Å². The number of aromatic nitrogens is 4. The number of anilines is 1.